The van der Waals surface area contributed by atoms with Crippen LogP contribution >= 0.6 is 12.4 Å². The number of esters is 1. The number of nitrogens with one attached hydrogen (secondary N) is 1. The van der Waals surface area contributed by atoms with E-state index in [0.29, 0.717) is 37.4 Å². The van der Waals surface area contributed by atoms with Gasteiger partial charge in [0.1, 0.15) is 0 Å². The maximum Gasteiger partial charge on any atom is 0.337 e. The van der Waals surface area contributed by atoms with Crippen LogP contribution < -0.4 is 10.2 Å². The van der Waals surface area contributed by atoms with Crippen LogP contribution in [-0.4, -0.2) is 56.1 Å². The highest BCUT2D eigenvalue weighted by Gasteiger charge is 2.35. The maximum atomic E-state index is 12.6. The molecular weight excluding hydrogens is 322 g/mol. The molecule has 0 bridgehead atoms. The predicted molar refractivity (Wildman–Crippen MR) is 86.1 cm³/mol. The van der Waals surface area contributed by atoms with Gasteiger partial charge in [-0.25, -0.2) is 14.5 Å². The van der Waals surface area contributed by atoms with Crippen LogP contribution in [0.1, 0.15) is 15.9 Å². The number of fused-ring (bicyclic) bond motifs is 1. The third-order valence-electron chi connectivity index (χ3n) is 3.92. The second kappa shape index (κ2) is 6.97. The van der Waals surface area contributed by atoms with Crippen molar-refractivity contribution in [1.29, 1.82) is 0 Å². The first-order chi connectivity index (χ1) is 10.6. The lowest BCUT2D eigenvalue weighted by Crippen LogP contribution is -2.52. The van der Waals surface area contributed by atoms with E-state index in [-0.39, 0.29) is 30.8 Å². The molecule has 1 saturated heterocycles. The Bertz CT molecular complexity index is 644. The Balaban J connectivity index is 0.00000192. The lowest BCUT2D eigenvalue weighted by molar-refractivity contribution is -0.116. The highest BCUT2D eigenvalue weighted by Crippen LogP contribution is 2.31. The van der Waals surface area contributed by atoms with Crippen molar-refractivity contribution in [2.75, 3.05) is 38.2 Å². The molecule has 3 amide bonds. The molecule has 23 heavy (non-hydrogen) atoms. The zero-order valence-electron chi connectivity index (χ0n) is 12.7. The molecule has 8 heteroatoms. The minimum atomic E-state index is -0.489. The van der Waals surface area contributed by atoms with E-state index in [1.54, 1.807) is 23.1 Å². The lowest BCUT2D eigenvalue weighted by Gasteiger charge is -2.30. The van der Waals surface area contributed by atoms with E-state index in [1.165, 1.54) is 12.0 Å². The van der Waals surface area contributed by atoms with Gasteiger partial charge in [-0.3, -0.25) is 4.79 Å². The number of piperazine rings is 1. The highest BCUT2D eigenvalue weighted by molar-refractivity contribution is 6.19. The van der Waals surface area contributed by atoms with Gasteiger partial charge in [0.05, 0.1) is 24.8 Å². The third kappa shape index (κ3) is 3.16. The van der Waals surface area contributed by atoms with Crippen LogP contribution in [0.2, 0.25) is 0 Å². The summed E-state index contributed by atoms with van der Waals surface area (Å²) in [6.45, 7) is 2.55. The van der Waals surface area contributed by atoms with E-state index in [4.69, 9.17) is 0 Å². The Morgan fingerprint density at radius 3 is 2.57 bits per heavy atom. The fourth-order valence-corrected chi connectivity index (χ4v) is 2.75. The van der Waals surface area contributed by atoms with E-state index in [1.807, 2.05) is 0 Å². The van der Waals surface area contributed by atoms with E-state index in [2.05, 4.69) is 10.1 Å². The summed E-state index contributed by atoms with van der Waals surface area (Å²) in [6, 6.07) is 4.53. The monoisotopic (exact) mass is 339 g/mol. The maximum absolute atomic E-state index is 12.6. The lowest BCUT2D eigenvalue weighted by atomic mass is 10.1. The first-order valence-electron chi connectivity index (χ1n) is 7.15. The number of anilines is 1. The molecule has 0 aromatic heterocycles. The van der Waals surface area contributed by atoms with Crippen molar-refractivity contribution >= 4 is 36.0 Å². The van der Waals surface area contributed by atoms with E-state index < -0.39 is 5.97 Å². The van der Waals surface area contributed by atoms with Crippen molar-refractivity contribution in [3.05, 3.63) is 29.3 Å². The number of benzene rings is 1. The smallest absolute Gasteiger partial charge is 0.337 e. The molecule has 0 atom stereocenters. The molecule has 0 radical (unpaired) electrons. The van der Waals surface area contributed by atoms with Crippen LogP contribution in [0.5, 0.6) is 0 Å². The summed E-state index contributed by atoms with van der Waals surface area (Å²) in [5.74, 6) is -0.753. The molecule has 1 fully saturated rings. The molecule has 1 N–H and O–H groups in total. The van der Waals surface area contributed by atoms with Crippen molar-refractivity contribution in [3.63, 3.8) is 0 Å². The minimum absolute atomic E-state index is 0. The van der Waals surface area contributed by atoms with Crippen molar-refractivity contribution in [2.24, 2.45) is 0 Å². The number of methoxy groups -OCH3 is 1. The number of imide groups is 1. The standard InChI is InChI=1S/C15H17N3O4.ClH/c1-22-14(20)11-3-2-10-9-13(19)18(12(10)8-11)15(21)17-6-4-16-5-7-17;/h2-3,8,16H,4-7,9H2,1H3;1H. The minimum Gasteiger partial charge on any atom is -0.465 e. The molecule has 1 aromatic carbocycles. The summed E-state index contributed by atoms with van der Waals surface area (Å²) in [7, 11) is 1.30. The molecule has 0 saturated carbocycles. The number of rotatable bonds is 1. The van der Waals surface area contributed by atoms with Crippen molar-refractivity contribution in [3.8, 4) is 0 Å². The first kappa shape index (κ1) is 17.2. The summed E-state index contributed by atoms with van der Waals surface area (Å²) >= 11 is 0. The van der Waals surface area contributed by atoms with Gasteiger partial charge in [0.2, 0.25) is 5.91 Å². The van der Waals surface area contributed by atoms with Crippen LogP contribution in [0.15, 0.2) is 18.2 Å². The molecular formula is C15H18ClN3O4. The Hall–Kier alpha value is -2.12. The number of hydrogen-bond acceptors (Lipinski definition) is 5. The number of carbonyl (C=O) groups excluding carboxylic acids is 3. The Labute approximate surface area is 140 Å². The fourth-order valence-electron chi connectivity index (χ4n) is 2.75. The summed E-state index contributed by atoms with van der Waals surface area (Å²) in [5, 5.41) is 3.16. The molecule has 3 rings (SSSR count). The first-order valence-corrected chi connectivity index (χ1v) is 7.15. The third-order valence-corrected chi connectivity index (χ3v) is 3.92. The number of hydrogen-bond donors (Lipinski definition) is 1. The number of urea groups is 1. The number of ether oxygens (including phenoxy) is 1. The zero-order chi connectivity index (χ0) is 15.7. The van der Waals surface area contributed by atoms with Crippen LogP contribution in [0.25, 0.3) is 0 Å². The molecule has 0 unspecified atom stereocenters. The zero-order valence-corrected chi connectivity index (χ0v) is 13.5. The second-order valence-electron chi connectivity index (χ2n) is 5.26. The predicted octanol–water partition coefficient (Wildman–Crippen LogP) is 0.809. The Morgan fingerprint density at radius 2 is 1.91 bits per heavy atom. The van der Waals surface area contributed by atoms with E-state index in [9.17, 15) is 14.4 Å². The number of halogens is 1. The van der Waals surface area contributed by atoms with Gasteiger partial charge < -0.3 is 15.0 Å². The molecule has 7 nitrogen and oxygen atoms in total. The SMILES string of the molecule is COC(=O)c1ccc2c(c1)N(C(=O)N1CCNCC1)C(=O)C2.Cl. The van der Waals surface area contributed by atoms with Gasteiger partial charge in [-0.1, -0.05) is 6.07 Å². The fraction of sp³-hybridized carbons (Fsp3) is 0.400. The van der Waals surface area contributed by atoms with Crippen LogP contribution in [-0.2, 0) is 16.0 Å². The van der Waals surface area contributed by atoms with Crippen molar-refractivity contribution < 1.29 is 19.1 Å². The van der Waals surface area contributed by atoms with Crippen LogP contribution in [0.3, 0.4) is 0 Å². The molecule has 2 aliphatic heterocycles. The molecule has 2 aliphatic rings. The average molecular weight is 340 g/mol. The van der Waals surface area contributed by atoms with E-state index in [0.717, 1.165) is 5.56 Å². The van der Waals surface area contributed by atoms with Gasteiger partial charge >= 0.3 is 12.0 Å². The van der Waals surface area contributed by atoms with Gasteiger partial charge in [-0.05, 0) is 17.7 Å². The molecule has 2 heterocycles. The van der Waals surface area contributed by atoms with Gasteiger partial charge in [0.15, 0.2) is 0 Å². The topological polar surface area (TPSA) is 79.0 Å². The molecule has 0 aliphatic carbocycles. The summed E-state index contributed by atoms with van der Waals surface area (Å²) in [6.07, 6.45) is 0.175. The molecule has 0 spiro atoms. The molecule has 1 aromatic rings. The number of nitrogens with zero attached hydrogens (tertiary/aromatic N) is 2. The highest BCUT2D eigenvalue weighted by atomic mass is 35.5. The normalized spacial score (nSPS) is 16.7. The quantitative estimate of drug-likeness (QED) is 0.766. The van der Waals surface area contributed by atoms with Crippen LogP contribution in [0.4, 0.5) is 10.5 Å². The van der Waals surface area contributed by atoms with Gasteiger partial charge in [0, 0.05) is 26.2 Å². The van der Waals surface area contributed by atoms with E-state index >= 15 is 0 Å². The average Bonchev–Trinajstić information content (AvgIpc) is 2.89. The van der Waals surface area contributed by atoms with Gasteiger partial charge in [-0.15, -0.1) is 12.4 Å². The van der Waals surface area contributed by atoms with Gasteiger partial charge in [0.25, 0.3) is 0 Å². The second-order valence-corrected chi connectivity index (χ2v) is 5.26. The van der Waals surface area contributed by atoms with Crippen molar-refractivity contribution in [2.45, 2.75) is 6.42 Å². The summed E-state index contributed by atoms with van der Waals surface area (Å²) < 4.78 is 4.69. The number of carbonyl (C=O) groups is 3. The van der Waals surface area contributed by atoms with Crippen LogP contribution in [0, 0.1) is 0 Å². The summed E-state index contributed by atoms with van der Waals surface area (Å²) in [5.41, 5.74) is 1.56. The number of amides is 3. The summed E-state index contributed by atoms with van der Waals surface area (Å²) in [4.78, 5) is 39.3. The van der Waals surface area contributed by atoms with Crippen molar-refractivity contribution in [1.82, 2.24) is 10.2 Å². The molecule has 124 valence electrons. The Kier molecular flexibility index (Phi) is 5.23. The largest absolute Gasteiger partial charge is 0.465 e. The van der Waals surface area contributed by atoms with Gasteiger partial charge in [-0.2, -0.15) is 0 Å². The Morgan fingerprint density at radius 1 is 1.22 bits per heavy atom.